The zero-order chi connectivity index (χ0) is 17.6. The molecule has 7 nitrogen and oxygen atoms in total. The highest BCUT2D eigenvalue weighted by atomic mass is 16.5. The van der Waals surface area contributed by atoms with Crippen molar-refractivity contribution in [2.24, 2.45) is 0 Å². The molecule has 1 N–H and O–H groups in total. The van der Waals surface area contributed by atoms with E-state index in [1.165, 1.54) is 14.2 Å². The second-order valence-corrected chi connectivity index (χ2v) is 5.16. The monoisotopic (exact) mass is 339 g/mol. The number of hydrogen-bond donors (Lipinski definition) is 1. The quantitative estimate of drug-likeness (QED) is 0.695. The van der Waals surface area contributed by atoms with Gasteiger partial charge in [-0.2, -0.15) is 5.10 Å². The van der Waals surface area contributed by atoms with E-state index >= 15 is 0 Å². The molecule has 3 aromatic rings. The second-order valence-electron chi connectivity index (χ2n) is 5.16. The number of carbonyl (C=O) groups excluding carboxylic acids is 1. The largest absolute Gasteiger partial charge is 0.496 e. The van der Waals surface area contributed by atoms with Crippen LogP contribution in [0.3, 0.4) is 0 Å². The van der Waals surface area contributed by atoms with Crippen LogP contribution in [-0.2, 0) is 11.3 Å². The van der Waals surface area contributed by atoms with E-state index in [0.717, 1.165) is 17.0 Å². The van der Waals surface area contributed by atoms with Gasteiger partial charge in [-0.1, -0.05) is 6.07 Å². The number of carbonyl (C=O) groups is 1. The average molecular weight is 339 g/mol. The molecule has 0 aliphatic heterocycles. The summed E-state index contributed by atoms with van der Waals surface area (Å²) in [6, 6.07) is 10.7. The van der Waals surface area contributed by atoms with E-state index in [4.69, 9.17) is 14.2 Å². The normalized spacial score (nSPS) is 10.3. The summed E-state index contributed by atoms with van der Waals surface area (Å²) in [5.74, 6) is 0.629. The fraction of sp³-hybridized carbons (Fsp3) is 0.167. The molecule has 0 spiro atoms. The highest BCUT2D eigenvalue weighted by Crippen LogP contribution is 2.22. The summed E-state index contributed by atoms with van der Waals surface area (Å²) >= 11 is 0. The van der Waals surface area contributed by atoms with Crippen LogP contribution in [-0.4, -0.2) is 35.4 Å². The van der Waals surface area contributed by atoms with E-state index < -0.39 is 5.97 Å². The molecule has 7 heteroatoms. The molecule has 0 amide bonds. The van der Waals surface area contributed by atoms with Crippen molar-refractivity contribution in [2.75, 3.05) is 14.2 Å². The van der Waals surface area contributed by atoms with Gasteiger partial charge in [0.1, 0.15) is 23.7 Å². The Bertz CT molecular complexity index is 845. The Morgan fingerprint density at radius 2 is 2.04 bits per heavy atom. The van der Waals surface area contributed by atoms with Crippen LogP contribution in [0.1, 0.15) is 15.9 Å². The minimum Gasteiger partial charge on any atom is -0.496 e. The number of pyridine rings is 1. The van der Waals surface area contributed by atoms with Crippen molar-refractivity contribution in [3.8, 4) is 22.9 Å². The molecule has 2 aromatic heterocycles. The number of aromatic nitrogens is 3. The summed E-state index contributed by atoms with van der Waals surface area (Å²) in [6.45, 7) is 0.291. The molecule has 0 unspecified atom stereocenters. The van der Waals surface area contributed by atoms with Crippen LogP contribution in [0.25, 0.3) is 11.4 Å². The van der Waals surface area contributed by atoms with Crippen molar-refractivity contribution in [1.82, 2.24) is 15.2 Å². The Morgan fingerprint density at radius 1 is 1.16 bits per heavy atom. The van der Waals surface area contributed by atoms with Gasteiger partial charge in [0.2, 0.25) is 0 Å². The molecule has 0 radical (unpaired) electrons. The number of benzene rings is 1. The van der Waals surface area contributed by atoms with Crippen LogP contribution in [0.15, 0.2) is 48.8 Å². The van der Waals surface area contributed by atoms with Crippen molar-refractivity contribution < 1.29 is 19.0 Å². The Hall–Kier alpha value is -3.35. The van der Waals surface area contributed by atoms with Gasteiger partial charge >= 0.3 is 5.97 Å². The second kappa shape index (κ2) is 7.48. The third kappa shape index (κ3) is 3.77. The number of ether oxygens (including phenoxy) is 3. The maximum absolute atomic E-state index is 11.8. The number of H-pyrrole nitrogens is 1. The van der Waals surface area contributed by atoms with Crippen LogP contribution in [0, 0.1) is 0 Å². The van der Waals surface area contributed by atoms with Gasteiger partial charge in [0.15, 0.2) is 0 Å². The lowest BCUT2D eigenvalue weighted by Crippen LogP contribution is -2.06. The first-order valence-corrected chi connectivity index (χ1v) is 7.55. The number of methoxy groups -OCH3 is 2. The molecular weight excluding hydrogens is 322 g/mol. The Labute approximate surface area is 144 Å². The molecule has 0 saturated heterocycles. The number of esters is 1. The maximum Gasteiger partial charge on any atom is 0.341 e. The average Bonchev–Trinajstić information content (AvgIpc) is 3.20. The van der Waals surface area contributed by atoms with Gasteiger partial charge < -0.3 is 14.2 Å². The highest BCUT2D eigenvalue weighted by Gasteiger charge is 2.13. The zero-order valence-electron chi connectivity index (χ0n) is 13.9. The SMILES string of the molecule is COC(=O)c1cc(COc2ccc(-c3ccn[nH]3)nc2)ccc1OC. The van der Waals surface area contributed by atoms with E-state index in [9.17, 15) is 4.79 Å². The molecule has 0 fully saturated rings. The number of nitrogens with zero attached hydrogens (tertiary/aromatic N) is 2. The lowest BCUT2D eigenvalue weighted by Gasteiger charge is -2.10. The number of nitrogens with one attached hydrogen (secondary N) is 1. The lowest BCUT2D eigenvalue weighted by molar-refractivity contribution is 0.0597. The van der Waals surface area contributed by atoms with Gasteiger partial charge in [-0.05, 0) is 35.9 Å². The van der Waals surface area contributed by atoms with E-state index in [1.54, 1.807) is 24.5 Å². The van der Waals surface area contributed by atoms with Gasteiger partial charge in [0, 0.05) is 6.20 Å². The Balaban J connectivity index is 1.70. The molecule has 0 atom stereocenters. The summed E-state index contributed by atoms with van der Waals surface area (Å²) in [5, 5.41) is 6.75. The van der Waals surface area contributed by atoms with E-state index in [1.807, 2.05) is 24.3 Å². The molecule has 128 valence electrons. The van der Waals surface area contributed by atoms with Crippen LogP contribution in [0.5, 0.6) is 11.5 Å². The Kier molecular flexibility index (Phi) is 4.94. The molecule has 1 aromatic carbocycles. The molecular formula is C18H17N3O4. The first-order chi connectivity index (χ1) is 12.2. The highest BCUT2D eigenvalue weighted by molar-refractivity contribution is 5.92. The minimum absolute atomic E-state index is 0.291. The smallest absolute Gasteiger partial charge is 0.341 e. The zero-order valence-corrected chi connectivity index (χ0v) is 13.9. The van der Waals surface area contributed by atoms with Gasteiger partial charge in [-0.25, -0.2) is 4.79 Å². The Morgan fingerprint density at radius 3 is 2.68 bits per heavy atom. The van der Waals surface area contributed by atoms with Crippen LogP contribution in [0.4, 0.5) is 0 Å². The fourth-order valence-corrected chi connectivity index (χ4v) is 2.30. The molecule has 0 saturated carbocycles. The first kappa shape index (κ1) is 16.5. The number of aromatic amines is 1. The molecule has 0 bridgehead atoms. The van der Waals surface area contributed by atoms with Gasteiger partial charge in [0.05, 0.1) is 31.8 Å². The van der Waals surface area contributed by atoms with Gasteiger partial charge in [-0.15, -0.1) is 0 Å². The molecule has 2 heterocycles. The summed E-state index contributed by atoms with van der Waals surface area (Å²) in [6.07, 6.45) is 3.31. The maximum atomic E-state index is 11.8. The van der Waals surface area contributed by atoms with Crippen molar-refractivity contribution in [3.63, 3.8) is 0 Å². The molecule has 0 aliphatic carbocycles. The van der Waals surface area contributed by atoms with E-state index in [-0.39, 0.29) is 0 Å². The van der Waals surface area contributed by atoms with Gasteiger partial charge in [0.25, 0.3) is 0 Å². The van der Waals surface area contributed by atoms with Crippen molar-refractivity contribution in [3.05, 3.63) is 59.9 Å². The molecule has 25 heavy (non-hydrogen) atoms. The molecule has 3 rings (SSSR count). The predicted octanol–water partition coefficient (Wildman–Crippen LogP) is 2.85. The van der Waals surface area contributed by atoms with E-state index in [2.05, 4.69) is 15.2 Å². The summed E-state index contributed by atoms with van der Waals surface area (Å²) in [7, 11) is 2.84. The van der Waals surface area contributed by atoms with Gasteiger partial charge in [-0.3, -0.25) is 10.1 Å². The summed E-state index contributed by atoms with van der Waals surface area (Å²) in [4.78, 5) is 16.1. The first-order valence-electron chi connectivity index (χ1n) is 7.55. The van der Waals surface area contributed by atoms with Crippen LogP contribution < -0.4 is 9.47 Å². The third-order valence-electron chi connectivity index (χ3n) is 3.59. The lowest BCUT2D eigenvalue weighted by atomic mass is 10.1. The molecule has 0 aliphatic rings. The summed E-state index contributed by atoms with van der Waals surface area (Å²) in [5.41, 5.74) is 2.80. The van der Waals surface area contributed by atoms with Crippen molar-refractivity contribution >= 4 is 5.97 Å². The third-order valence-corrected chi connectivity index (χ3v) is 3.59. The van der Waals surface area contributed by atoms with Crippen molar-refractivity contribution in [2.45, 2.75) is 6.61 Å². The number of hydrogen-bond acceptors (Lipinski definition) is 6. The van der Waals surface area contributed by atoms with E-state index in [0.29, 0.717) is 23.7 Å². The minimum atomic E-state index is -0.454. The van der Waals surface area contributed by atoms with Crippen LogP contribution >= 0.6 is 0 Å². The topological polar surface area (TPSA) is 86.3 Å². The standard InChI is InChI=1S/C18H17N3O4/c1-23-17-6-3-12(9-14(17)18(22)24-2)11-25-13-4-5-15(19-10-13)16-7-8-20-21-16/h3-10H,11H2,1-2H3,(H,20,21). The van der Waals surface area contributed by atoms with Crippen LogP contribution in [0.2, 0.25) is 0 Å². The summed E-state index contributed by atoms with van der Waals surface area (Å²) < 4.78 is 15.7. The number of rotatable bonds is 6. The predicted molar refractivity (Wildman–Crippen MR) is 90.5 cm³/mol. The van der Waals surface area contributed by atoms with Crippen molar-refractivity contribution in [1.29, 1.82) is 0 Å². The fourth-order valence-electron chi connectivity index (χ4n) is 2.30.